The predicted octanol–water partition coefficient (Wildman–Crippen LogP) is 1.47. The molecular weight excluding hydrogens is 143 g/mol. The molecule has 0 aromatic carbocycles. The van der Waals surface area contributed by atoms with Crippen molar-refractivity contribution in [3.63, 3.8) is 0 Å². The first-order valence-electron chi connectivity index (χ1n) is 3.07. The fraction of sp³-hybridized carbons (Fsp3) is 0.667. The summed E-state index contributed by atoms with van der Waals surface area (Å²) < 4.78 is 35.5. The van der Waals surface area contributed by atoms with E-state index in [1.807, 2.05) is 0 Å². The summed E-state index contributed by atoms with van der Waals surface area (Å²) in [5.41, 5.74) is 0. The van der Waals surface area contributed by atoms with Crippen molar-refractivity contribution in [2.45, 2.75) is 18.6 Å². The number of nitrogens with one attached hydrogen (secondary N) is 1. The van der Waals surface area contributed by atoms with Crippen molar-refractivity contribution in [3.8, 4) is 0 Å². The van der Waals surface area contributed by atoms with Crippen molar-refractivity contribution in [1.29, 1.82) is 0 Å². The van der Waals surface area contributed by atoms with Gasteiger partial charge in [-0.15, -0.1) is 0 Å². The van der Waals surface area contributed by atoms with E-state index in [0.717, 1.165) is 6.08 Å². The summed E-state index contributed by atoms with van der Waals surface area (Å²) in [7, 11) is 0. The largest absolute Gasteiger partial charge is 0.407 e. The minimum Gasteiger partial charge on any atom is -0.303 e. The van der Waals surface area contributed by atoms with E-state index in [4.69, 9.17) is 0 Å². The third-order valence-corrected chi connectivity index (χ3v) is 1.36. The standard InChI is InChI=1S/C6H8F3N/c7-6(8,9)5-3-1-2-4-10-5/h1,3,5,10H,2,4H2. The van der Waals surface area contributed by atoms with Gasteiger partial charge in [-0.2, -0.15) is 13.2 Å². The molecule has 1 aliphatic heterocycles. The third-order valence-electron chi connectivity index (χ3n) is 1.36. The number of halogens is 3. The summed E-state index contributed by atoms with van der Waals surface area (Å²) >= 11 is 0. The van der Waals surface area contributed by atoms with Gasteiger partial charge >= 0.3 is 6.18 Å². The Morgan fingerprint density at radius 2 is 2.10 bits per heavy atom. The van der Waals surface area contributed by atoms with Crippen LogP contribution >= 0.6 is 0 Å². The number of alkyl halides is 3. The smallest absolute Gasteiger partial charge is 0.303 e. The van der Waals surface area contributed by atoms with E-state index in [1.165, 1.54) is 0 Å². The fourth-order valence-electron chi connectivity index (χ4n) is 0.847. The number of hydrogen-bond acceptors (Lipinski definition) is 1. The van der Waals surface area contributed by atoms with E-state index in [9.17, 15) is 13.2 Å². The van der Waals surface area contributed by atoms with E-state index < -0.39 is 12.2 Å². The van der Waals surface area contributed by atoms with E-state index >= 15 is 0 Å². The average Bonchev–Trinajstić information content (AvgIpc) is 1.88. The molecule has 0 aliphatic carbocycles. The van der Waals surface area contributed by atoms with Crippen LogP contribution in [0.15, 0.2) is 12.2 Å². The van der Waals surface area contributed by atoms with E-state index in [1.54, 1.807) is 6.08 Å². The molecule has 0 spiro atoms. The van der Waals surface area contributed by atoms with Crippen LogP contribution in [0.25, 0.3) is 0 Å². The highest BCUT2D eigenvalue weighted by atomic mass is 19.4. The van der Waals surface area contributed by atoms with Crippen LogP contribution in [-0.4, -0.2) is 18.8 Å². The summed E-state index contributed by atoms with van der Waals surface area (Å²) in [6.07, 6.45) is -0.734. The maximum atomic E-state index is 11.8. The predicted molar refractivity (Wildman–Crippen MR) is 31.6 cm³/mol. The van der Waals surface area contributed by atoms with Crippen molar-refractivity contribution < 1.29 is 13.2 Å². The Morgan fingerprint density at radius 3 is 2.40 bits per heavy atom. The van der Waals surface area contributed by atoms with Crippen molar-refractivity contribution in [2.75, 3.05) is 6.54 Å². The lowest BCUT2D eigenvalue weighted by Gasteiger charge is -2.20. The Bertz CT molecular complexity index is 138. The molecule has 0 saturated carbocycles. The Labute approximate surface area is 56.9 Å². The highest BCUT2D eigenvalue weighted by Crippen LogP contribution is 2.22. The van der Waals surface area contributed by atoms with Crippen molar-refractivity contribution >= 4 is 0 Å². The second-order valence-electron chi connectivity index (χ2n) is 2.19. The molecule has 4 heteroatoms. The molecule has 10 heavy (non-hydrogen) atoms. The van der Waals surface area contributed by atoms with Crippen LogP contribution in [-0.2, 0) is 0 Å². The summed E-state index contributed by atoms with van der Waals surface area (Å²) in [4.78, 5) is 0. The van der Waals surface area contributed by atoms with E-state index in [0.29, 0.717) is 13.0 Å². The highest BCUT2D eigenvalue weighted by molar-refractivity contribution is 5.01. The minimum atomic E-state index is -4.13. The zero-order valence-corrected chi connectivity index (χ0v) is 5.28. The van der Waals surface area contributed by atoms with Crippen LogP contribution in [0.3, 0.4) is 0 Å². The van der Waals surface area contributed by atoms with Gasteiger partial charge in [0.1, 0.15) is 6.04 Å². The van der Waals surface area contributed by atoms with Crippen LogP contribution < -0.4 is 5.32 Å². The average molecular weight is 151 g/mol. The second-order valence-corrected chi connectivity index (χ2v) is 2.19. The molecule has 1 N–H and O–H groups in total. The van der Waals surface area contributed by atoms with Crippen molar-refractivity contribution in [2.24, 2.45) is 0 Å². The topological polar surface area (TPSA) is 12.0 Å². The molecule has 1 atom stereocenters. The van der Waals surface area contributed by atoms with Gasteiger partial charge in [0, 0.05) is 0 Å². The molecule has 58 valence electrons. The maximum absolute atomic E-state index is 11.8. The van der Waals surface area contributed by atoms with Gasteiger partial charge in [-0.05, 0) is 13.0 Å². The maximum Gasteiger partial charge on any atom is 0.407 e. The molecule has 0 aromatic heterocycles. The van der Waals surface area contributed by atoms with Gasteiger partial charge < -0.3 is 5.32 Å². The molecule has 0 bridgehead atoms. The molecule has 1 unspecified atom stereocenters. The van der Waals surface area contributed by atoms with Crippen LogP contribution in [0.2, 0.25) is 0 Å². The SMILES string of the molecule is FC(F)(F)C1C=CCCN1. The molecule has 1 rings (SSSR count). The molecule has 0 fully saturated rings. The molecule has 1 aliphatic rings. The molecule has 0 radical (unpaired) electrons. The first kappa shape index (κ1) is 7.60. The van der Waals surface area contributed by atoms with Gasteiger partial charge in [-0.1, -0.05) is 12.2 Å². The lowest BCUT2D eigenvalue weighted by Crippen LogP contribution is -2.42. The molecule has 1 heterocycles. The number of hydrogen-bond donors (Lipinski definition) is 1. The zero-order valence-electron chi connectivity index (χ0n) is 5.28. The van der Waals surface area contributed by atoms with Crippen molar-refractivity contribution in [3.05, 3.63) is 12.2 Å². The Morgan fingerprint density at radius 1 is 1.40 bits per heavy atom. The quantitative estimate of drug-likeness (QED) is 0.517. The first-order chi connectivity index (χ1) is 4.61. The Hall–Kier alpha value is -0.510. The molecular formula is C6H8F3N. The molecule has 0 aromatic rings. The molecule has 0 saturated heterocycles. The van der Waals surface area contributed by atoms with Gasteiger partial charge in [0.15, 0.2) is 0 Å². The van der Waals surface area contributed by atoms with Crippen LogP contribution in [0.1, 0.15) is 6.42 Å². The molecule has 0 amide bonds. The second kappa shape index (κ2) is 2.62. The van der Waals surface area contributed by atoms with Gasteiger partial charge in [0.2, 0.25) is 0 Å². The van der Waals surface area contributed by atoms with Gasteiger partial charge in [0.05, 0.1) is 0 Å². The monoisotopic (exact) mass is 151 g/mol. The lowest BCUT2D eigenvalue weighted by molar-refractivity contribution is -0.145. The lowest BCUT2D eigenvalue weighted by atomic mass is 10.2. The first-order valence-corrected chi connectivity index (χ1v) is 3.07. The van der Waals surface area contributed by atoms with E-state index in [-0.39, 0.29) is 0 Å². The van der Waals surface area contributed by atoms with Crippen LogP contribution in [0.5, 0.6) is 0 Å². The van der Waals surface area contributed by atoms with Crippen molar-refractivity contribution in [1.82, 2.24) is 5.32 Å². The normalized spacial score (nSPS) is 26.9. The minimum absolute atomic E-state index is 0.417. The third kappa shape index (κ3) is 1.73. The Balaban J connectivity index is 2.55. The fourth-order valence-corrected chi connectivity index (χ4v) is 0.847. The summed E-state index contributed by atoms with van der Waals surface area (Å²) in [6, 6.07) is -1.43. The van der Waals surface area contributed by atoms with E-state index in [2.05, 4.69) is 5.32 Å². The summed E-state index contributed by atoms with van der Waals surface area (Å²) in [5.74, 6) is 0. The van der Waals surface area contributed by atoms with Crippen LogP contribution in [0, 0.1) is 0 Å². The van der Waals surface area contributed by atoms with Crippen LogP contribution in [0.4, 0.5) is 13.2 Å². The summed E-state index contributed by atoms with van der Waals surface area (Å²) in [5, 5.41) is 2.35. The zero-order chi connectivity index (χ0) is 7.61. The van der Waals surface area contributed by atoms with Gasteiger partial charge in [0.25, 0.3) is 0 Å². The number of rotatable bonds is 0. The molecule has 1 nitrogen and oxygen atoms in total. The Kier molecular flexibility index (Phi) is 1.99. The van der Waals surface area contributed by atoms with Gasteiger partial charge in [-0.3, -0.25) is 0 Å². The van der Waals surface area contributed by atoms with Gasteiger partial charge in [-0.25, -0.2) is 0 Å². The summed E-state index contributed by atoms with van der Waals surface area (Å²) in [6.45, 7) is 0.417. The highest BCUT2D eigenvalue weighted by Gasteiger charge is 2.37.